The molecule has 0 saturated carbocycles. The summed E-state index contributed by atoms with van der Waals surface area (Å²) in [5.74, 6) is 0.684. The molecule has 0 aliphatic carbocycles. The molecule has 0 radical (unpaired) electrons. The highest BCUT2D eigenvalue weighted by molar-refractivity contribution is 7.15. The highest BCUT2D eigenvalue weighted by atomic mass is 32.1. The van der Waals surface area contributed by atoms with Crippen molar-refractivity contribution in [3.8, 4) is 0 Å². The Morgan fingerprint density at radius 1 is 1.33 bits per heavy atom. The number of hydrogen-bond acceptors (Lipinski definition) is 5. The van der Waals surface area contributed by atoms with Gasteiger partial charge in [-0.05, 0) is 32.7 Å². The summed E-state index contributed by atoms with van der Waals surface area (Å²) in [4.78, 5) is 8.64. The lowest BCUT2D eigenvalue weighted by Crippen LogP contribution is -2.45. The topological polar surface area (TPSA) is 37.4 Å². The normalized spacial score (nSPS) is 23.0. The van der Waals surface area contributed by atoms with E-state index in [1.807, 2.05) is 11.3 Å². The summed E-state index contributed by atoms with van der Waals surface area (Å²) in [5, 5.41) is 4.70. The third-order valence-electron chi connectivity index (χ3n) is 3.63. The van der Waals surface area contributed by atoms with Crippen molar-refractivity contribution in [1.82, 2.24) is 10.3 Å². The van der Waals surface area contributed by atoms with Crippen LogP contribution in [0.1, 0.15) is 45.2 Å². The molecule has 2 unspecified atom stereocenters. The average Bonchev–Trinajstić information content (AvgIpc) is 2.80. The molecule has 1 N–H and O–H groups in total. The number of hydrogen-bond donors (Lipinski definition) is 1. The first kappa shape index (κ1) is 16.7. The molecular formula is C16H29N3OS. The second-order valence-electron chi connectivity index (χ2n) is 6.41. The molecule has 0 aromatic carbocycles. The SMILES string of the molecule is CCc1nc(N2CC(C)OC(C)C2)sc1CNCC(C)C. The number of aryl methyl sites for hydroxylation is 1. The molecule has 0 bridgehead atoms. The van der Waals surface area contributed by atoms with Gasteiger partial charge in [0, 0.05) is 24.5 Å². The summed E-state index contributed by atoms with van der Waals surface area (Å²) >= 11 is 1.84. The summed E-state index contributed by atoms with van der Waals surface area (Å²) in [6.07, 6.45) is 1.57. The maximum Gasteiger partial charge on any atom is 0.186 e. The summed E-state index contributed by atoms with van der Waals surface area (Å²) in [5.41, 5.74) is 1.25. The first-order chi connectivity index (χ1) is 9.99. The summed E-state index contributed by atoms with van der Waals surface area (Å²) in [6.45, 7) is 14.8. The van der Waals surface area contributed by atoms with Gasteiger partial charge in [-0.25, -0.2) is 4.98 Å². The minimum absolute atomic E-state index is 0.283. The Morgan fingerprint density at radius 2 is 2.00 bits per heavy atom. The second kappa shape index (κ2) is 7.56. The molecule has 1 aliphatic heterocycles. The third kappa shape index (κ3) is 4.66. The summed E-state index contributed by atoms with van der Waals surface area (Å²) < 4.78 is 5.82. The van der Waals surface area contributed by atoms with E-state index in [-0.39, 0.29) is 12.2 Å². The van der Waals surface area contributed by atoms with E-state index in [1.165, 1.54) is 10.6 Å². The molecule has 2 rings (SSSR count). The van der Waals surface area contributed by atoms with E-state index >= 15 is 0 Å². The van der Waals surface area contributed by atoms with Gasteiger partial charge in [0.05, 0.1) is 17.9 Å². The smallest absolute Gasteiger partial charge is 0.186 e. The highest BCUT2D eigenvalue weighted by Crippen LogP contribution is 2.29. The van der Waals surface area contributed by atoms with Crippen LogP contribution in [0.15, 0.2) is 0 Å². The number of rotatable bonds is 6. The maximum absolute atomic E-state index is 5.82. The van der Waals surface area contributed by atoms with Crippen LogP contribution in [-0.2, 0) is 17.7 Å². The molecule has 5 heteroatoms. The fraction of sp³-hybridized carbons (Fsp3) is 0.812. The van der Waals surface area contributed by atoms with Gasteiger partial charge in [-0.15, -0.1) is 11.3 Å². The van der Waals surface area contributed by atoms with Crippen molar-refractivity contribution in [3.63, 3.8) is 0 Å². The zero-order valence-electron chi connectivity index (χ0n) is 14.0. The molecule has 2 heterocycles. The zero-order valence-corrected chi connectivity index (χ0v) is 14.8. The van der Waals surface area contributed by atoms with E-state index < -0.39 is 0 Å². The number of anilines is 1. The van der Waals surface area contributed by atoms with Crippen LogP contribution >= 0.6 is 11.3 Å². The van der Waals surface area contributed by atoms with Gasteiger partial charge in [-0.3, -0.25) is 0 Å². The van der Waals surface area contributed by atoms with E-state index in [1.54, 1.807) is 0 Å². The molecule has 1 fully saturated rings. The van der Waals surface area contributed by atoms with Crippen LogP contribution in [0.3, 0.4) is 0 Å². The van der Waals surface area contributed by atoms with Gasteiger partial charge < -0.3 is 15.0 Å². The van der Waals surface area contributed by atoms with Crippen LogP contribution < -0.4 is 10.2 Å². The van der Waals surface area contributed by atoms with Crippen molar-refractivity contribution in [2.75, 3.05) is 24.5 Å². The number of thiazole rings is 1. The van der Waals surface area contributed by atoms with E-state index in [4.69, 9.17) is 9.72 Å². The third-order valence-corrected chi connectivity index (χ3v) is 4.79. The minimum Gasteiger partial charge on any atom is -0.372 e. The second-order valence-corrected chi connectivity index (χ2v) is 7.47. The fourth-order valence-corrected chi connectivity index (χ4v) is 3.86. The van der Waals surface area contributed by atoms with Crippen LogP contribution in [0.2, 0.25) is 0 Å². The Kier molecular flexibility index (Phi) is 6.02. The Bertz CT molecular complexity index is 437. The van der Waals surface area contributed by atoms with Gasteiger partial charge in [0.15, 0.2) is 5.13 Å². The molecule has 4 nitrogen and oxygen atoms in total. The number of ether oxygens (including phenoxy) is 1. The van der Waals surface area contributed by atoms with Crippen molar-refractivity contribution >= 4 is 16.5 Å². The van der Waals surface area contributed by atoms with Gasteiger partial charge in [0.1, 0.15) is 0 Å². The van der Waals surface area contributed by atoms with Gasteiger partial charge in [0.25, 0.3) is 0 Å². The van der Waals surface area contributed by atoms with E-state index in [2.05, 4.69) is 44.8 Å². The monoisotopic (exact) mass is 311 g/mol. The molecule has 1 saturated heterocycles. The predicted molar refractivity (Wildman–Crippen MR) is 90.3 cm³/mol. The lowest BCUT2D eigenvalue weighted by atomic mass is 10.2. The molecule has 0 spiro atoms. The van der Waals surface area contributed by atoms with Gasteiger partial charge in [-0.1, -0.05) is 20.8 Å². The van der Waals surface area contributed by atoms with Crippen molar-refractivity contribution in [1.29, 1.82) is 0 Å². The fourth-order valence-electron chi connectivity index (χ4n) is 2.73. The lowest BCUT2D eigenvalue weighted by Gasteiger charge is -2.35. The van der Waals surface area contributed by atoms with Crippen LogP contribution in [0.25, 0.3) is 0 Å². The van der Waals surface area contributed by atoms with Crippen molar-refractivity contribution in [3.05, 3.63) is 10.6 Å². The van der Waals surface area contributed by atoms with Gasteiger partial charge in [-0.2, -0.15) is 0 Å². The minimum atomic E-state index is 0.283. The van der Waals surface area contributed by atoms with Crippen LogP contribution in [0, 0.1) is 5.92 Å². The Balaban J connectivity index is 2.05. The van der Waals surface area contributed by atoms with E-state index in [9.17, 15) is 0 Å². The number of morpholine rings is 1. The maximum atomic E-state index is 5.82. The van der Waals surface area contributed by atoms with Crippen LogP contribution in [0.5, 0.6) is 0 Å². The standard InChI is InChI=1S/C16H29N3OS/c1-6-14-15(8-17-7-11(2)3)21-16(18-14)19-9-12(4)20-13(5)10-19/h11-13,17H,6-10H2,1-5H3. The zero-order chi connectivity index (χ0) is 15.4. The van der Waals surface area contributed by atoms with Crippen molar-refractivity contribution < 1.29 is 4.74 Å². The number of nitrogens with zero attached hydrogens (tertiary/aromatic N) is 2. The van der Waals surface area contributed by atoms with Crippen LogP contribution in [-0.4, -0.2) is 36.8 Å². The Morgan fingerprint density at radius 3 is 2.57 bits per heavy atom. The van der Waals surface area contributed by atoms with E-state index in [0.29, 0.717) is 5.92 Å². The predicted octanol–water partition coefficient (Wildman–Crippen LogP) is 3.06. The highest BCUT2D eigenvalue weighted by Gasteiger charge is 2.25. The molecule has 2 atom stereocenters. The molecule has 21 heavy (non-hydrogen) atoms. The molecule has 1 aliphatic rings. The van der Waals surface area contributed by atoms with Crippen molar-refractivity contribution in [2.45, 2.75) is 59.8 Å². The summed E-state index contributed by atoms with van der Waals surface area (Å²) in [7, 11) is 0. The Labute approximate surface area is 132 Å². The average molecular weight is 311 g/mol. The van der Waals surface area contributed by atoms with Crippen molar-refractivity contribution in [2.24, 2.45) is 5.92 Å². The summed E-state index contributed by atoms with van der Waals surface area (Å²) in [6, 6.07) is 0. The number of nitrogens with one attached hydrogen (secondary N) is 1. The molecular weight excluding hydrogens is 282 g/mol. The van der Waals surface area contributed by atoms with E-state index in [0.717, 1.165) is 37.7 Å². The first-order valence-electron chi connectivity index (χ1n) is 8.09. The molecule has 1 aromatic heterocycles. The number of aromatic nitrogens is 1. The quantitative estimate of drug-likeness (QED) is 0.876. The molecule has 1 aromatic rings. The van der Waals surface area contributed by atoms with Gasteiger partial charge >= 0.3 is 0 Å². The molecule has 0 amide bonds. The largest absolute Gasteiger partial charge is 0.372 e. The first-order valence-corrected chi connectivity index (χ1v) is 8.90. The molecule has 120 valence electrons. The Hall–Kier alpha value is -0.650. The van der Waals surface area contributed by atoms with Crippen LogP contribution in [0.4, 0.5) is 5.13 Å². The lowest BCUT2D eigenvalue weighted by molar-refractivity contribution is -0.00523. The van der Waals surface area contributed by atoms with Gasteiger partial charge in [0.2, 0.25) is 0 Å².